The number of rotatable bonds is 4. The zero-order valence-electron chi connectivity index (χ0n) is 10.7. The minimum Gasteiger partial charge on any atom is -0.310 e. The molecule has 2 aliphatic rings. The summed E-state index contributed by atoms with van der Waals surface area (Å²) in [5, 5.41) is 3.84. The standard InChI is InChI=1S/C13H26N2S/c1-3-15-7-4-12(5-8-15)11(2)14-13-6-9-16-10-13/h11-14H,3-10H2,1-2H3. The summed E-state index contributed by atoms with van der Waals surface area (Å²) in [5.41, 5.74) is 0. The molecule has 2 rings (SSSR count). The lowest BCUT2D eigenvalue weighted by Gasteiger charge is -2.35. The van der Waals surface area contributed by atoms with Gasteiger partial charge in [0, 0.05) is 17.8 Å². The molecular weight excluding hydrogens is 216 g/mol. The summed E-state index contributed by atoms with van der Waals surface area (Å²) in [6, 6.07) is 1.52. The van der Waals surface area contributed by atoms with Crippen molar-refractivity contribution in [1.82, 2.24) is 10.2 Å². The summed E-state index contributed by atoms with van der Waals surface area (Å²) >= 11 is 2.10. The van der Waals surface area contributed by atoms with Gasteiger partial charge < -0.3 is 10.2 Å². The highest BCUT2D eigenvalue weighted by atomic mass is 32.2. The van der Waals surface area contributed by atoms with E-state index < -0.39 is 0 Å². The number of nitrogens with zero attached hydrogens (tertiary/aromatic N) is 1. The third kappa shape index (κ3) is 3.38. The first-order valence-electron chi connectivity index (χ1n) is 6.85. The highest BCUT2D eigenvalue weighted by Gasteiger charge is 2.25. The Morgan fingerprint density at radius 3 is 2.62 bits per heavy atom. The van der Waals surface area contributed by atoms with Gasteiger partial charge in [-0.05, 0) is 57.5 Å². The molecule has 2 heterocycles. The molecule has 0 saturated carbocycles. The second kappa shape index (κ2) is 6.27. The molecule has 2 nitrogen and oxygen atoms in total. The average molecular weight is 242 g/mol. The minimum absolute atomic E-state index is 0.725. The molecule has 0 amide bonds. The molecule has 0 aromatic rings. The van der Waals surface area contributed by atoms with E-state index in [1.807, 2.05) is 0 Å². The number of likely N-dealkylation sites (tertiary alicyclic amines) is 1. The lowest BCUT2D eigenvalue weighted by Crippen LogP contribution is -2.45. The van der Waals surface area contributed by atoms with Gasteiger partial charge >= 0.3 is 0 Å². The number of hydrogen-bond acceptors (Lipinski definition) is 3. The molecule has 3 heteroatoms. The monoisotopic (exact) mass is 242 g/mol. The quantitative estimate of drug-likeness (QED) is 0.814. The van der Waals surface area contributed by atoms with Crippen molar-refractivity contribution in [2.75, 3.05) is 31.1 Å². The molecule has 0 aromatic carbocycles. The van der Waals surface area contributed by atoms with Crippen molar-refractivity contribution in [2.45, 2.75) is 45.2 Å². The van der Waals surface area contributed by atoms with Gasteiger partial charge in [0.1, 0.15) is 0 Å². The third-order valence-corrected chi connectivity index (χ3v) is 5.38. The van der Waals surface area contributed by atoms with Crippen LogP contribution < -0.4 is 5.32 Å². The van der Waals surface area contributed by atoms with Crippen LogP contribution in [0.1, 0.15) is 33.1 Å². The number of nitrogens with one attached hydrogen (secondary N) is 1. The van der Waals surface area contributed by atoms with Gasteiger partial charge in [0.05, 0.1) is 0 Å². The van der Waals surface area contributed by atoms with E-state index in [0.717, 1.165) is 18.0 Å². The summed E-state index contributed by atoms with van der Waals surface area (Å²) in [5.74, 6) is 3.60. The second-order valence-corrected chi connectivity index (χ2v) is 6.44. The van der Waals surface area contributed by atoms with Gasteiger partial charge in [-0.3, -0.25) is 0 Å². The number of thioether (sulfide) groups is 1. The first-order chi connectivity index (χ1) is 7.79. The van der Waals surface area contributed by atoms with E-state index >= 15 is 0 Å². The van der Waals surface area contributed by atoms with Crippen molar-refractivity contribution in [3.8, 4) is 0 Å². The van der Waals surface area contributed by atoms with Crippen molar-refractivity contribution >= 4 is 11.8 Å². The molecule has 0 bridgehead atoms. The minimum atomic E-state index is 0.725. The zero-order chi connectivity index (χ0) is 11.4. The maximum atomic E-state index is 3.84. The Labute approximate surface area is 105 Å². The highest BCUT2D eigenvalue weighted by molar-refractivity contribution is 7.99. The van der Waals surface area contributed by atoms with Gasteiger partial charge in [-0.15, -0.1) is 0 Å². The molecule has 2 saturated heterocycles. The molecule has 2 unspecified atom stereocenters. The van der Waals surface area contributed by atoms with Crippen LogP contribution in [0.4, 0.5) is 0 Å². The molecule has 94 valence electrons. The highest BCUT2D eigenvalue weighted by Crippen LogP contribution is 2.23. The lowest BCUT2D eigenvalue weighted by atomic mass is 9.90. The maximum Gasteiger partial charge on any atom is 0.0168 e. The fourth-order valence-corrected chi connectivity index (χ4v) is 4.11. The first kappa shape index (κ1) is 12.7. The summed E-state index contributed by atoms with van der Waals surface area (Å²) in [6.45, 7) is 8.53. The molecular formula is C13H26N2S. The van der Waals surface area contributed by atoms with Crippen molar-refractivity contribution in [2.24, 2.45) is 5.92 Å². The van der Waals surface area contributed by atoms with Crippen LogP contribution in [0.2, 0.25) is 0 Å². The molecule has 0 aromatic heterocycles. The van der Waals surface area contributed by atoms with Crippen molar-refractivity contribution < 1.29 is 0 Å². The van der Waals surface area contributed by atoms with Crippen molar-refractivity contribution in [1.29, 1.82) is 0 Å². The Kier molecular flexibility index (Phi) is 4.98. The fraction of sp³-hybridized carbons (Fsp3) is 1.00. The Morgan fingerprint density at radius 1 is 1.31 bits per heavy atom. The van der Waals surface area contributed by atoms with Gasteiger partial charge in [0.25, 0.3) is 0 Å². The Bertz CT molecular complexity index is 196. The first-order valence-corrected chi connectivity index (χ1v) is 8.01. The normalized spacial score (nSPS) is 30.8. The molecule has 2 fully saturated rings. The summed E-state index contributed by atoms with van der Waals surface area (Å²) < 4.78 is 0. The van der Waals surface area contributed by atoms with Gasteiger partial charge in [0.2, 0.25) is 0 Å². The summed E-state index contributed by atoms with van der Waals surface area (Å²) in [7, 11) is 0. The van der Waals surface area contributed by atoms with Crippen LogP contribution in [0.25, 0.3) is 0 Å². The number of piperidine rings is 1. The third-order valence-electron chi connectivity index (χ3n) is 4.21. The molecule has 2 aliphatic heterocycles. The largest absolute Gasteiger partial charge is 0.310 e. The topological polar surface area (TPSA) is 15.3 Å². The van der Waals surface area contributed by atoms with E-state index in [4.69, 9.17) is 0 Å². The van der Waals surface area contributed by atoms with Crippen LogP contribution in [0.5, 0.6) is 0 Å². The Morgan fingerprint density at radius 2 is 2.06 bits per heavy atom. The van der Waals surface area contributed by atoms with Crippen LogP contribution in [0.3, 0.4) is 0 Å². The lowest BCUT2D eigenvalue weighted by molar-refractivity contribution is 0.165. The zero-order valence-corrected chi connectivity index (χ0v) is 11.6. The van der Waals surface area contributed by atoms with E-state index in [1.165, 1.54) is 50.4 Å². The van der Waals surface area contributed by atoms with Crippen LogP contribution >= 0.6 is 11.8 Å². The SMILES string of the molecule is CCN1CCC(C(C)NC2CCSC2)CC1. The van der Waals surface area contributed by atoms with E-state index in [0.29, 0.717) is 0 Å². The van der Waals surface area contributed by atoms with Crippen LogP contribution in [0, 0.1) is 5.92 Å². The molecule has 0 radical (unpaired) electrons. The van der Waals surface area contributed by atoms with Crippen molar-refractivity contribution in [3.05, 3.63) is 0 Å². The fourth-order valence-electron chi connectivity index (χ4n) is 2.94. The van der Waals surface area contributed by atoms with Crippen molar-refractivity contribution in [3.63, 3.8) is 0 Å². The van der Waals surface area contributed by atoms with Gasteiger partial charge in [0.15, 0.2) is 0 Å². The van der Waals surface area contributed by atoms with E-state index in [2.05, 4.69) is 35.8 Å². The maximum absolute atomic E-state index is 3.84. The van der Waals surface area contributed by atoms with Gasteiger partial charge in [-0.2, -0.15) is 11.8 Å². The predicted molar refractivity (Wildman–Crippen MR) is 73.2 cm³/mol. The smallest absolute Gasteiger partial charge is 0.0168 e. The average Bonchev–Trinajstić information content (AvgIpc) is 2.82. The van der Waals surface area contributed by atoms with Gasteiger partial charge in [-0.1, -0.05) is 6.92 Å². The summed E-state index contributed by atoms with van der Waals surface area (Å²) in [6.07, 6.45) is 4.16. The van der Waals surface area contributed by atoms with E-state index in [1.54, 1.807) is 0 Å². The second-order valence-electron chi connectivity index (χ2n) is 5.29. The van der Waals surface area contributed by atoms with Crippen LogP contribution in [-0.4, -0.2) is 48.1 Å². The Hall–Kier alpha value is 0.270. The molecule has 1 N–H and O–H groups in total. The molecule has 0 spiro atoms. The molecule has 0 aliphatic carbocycles. The Balaban J connectivity index is 1.70. The van der Waals surface area contributed by atoms with E-state index in [-0.39, 0.29) is 0 Å². The molecule has 16 heavy (non-hydrogen) atoms. The van der Waals surface area contributed by atoms with Gasteiger partial charge in [-0.25, -0.2) is 0 Å². The van der Waals surface area contributed by atoms with E-state index in [9.17, 15) is 0 Å². The predicted octanol–water partition coefficient (Wildman–Crippen LogP) is 2.20. The van der Waals surface area contributed by atoms with Crippen LogP contribution in [-0.2, 0) is 0 Å². The number of hydrogen-bond donors (Lipinski definition) is 1. The molecule has 2 atom stereocenters. The summed E-state index contributed by atoms with van der Waals surface area (Å²) in [4.78, 5) is 2.58. The van der Waals surface area contributed by atoms with Crippen LogP contribution in [0.15, 0.2) is 0 Å².